The van der Waals surface area contributed by atoms with Crippen molar-refractivity contribution in [3.05, 3.63) is 46.2 Å². The highest BCUT2D eigenvalue weighted by molar-refractivity contribution is 7.09. The topological polar surface area (TPSA) is 59.1 Å². The normalized spacial score (nSPS) is 11.2. The maximum Gasteiger partial charge on any atom is 0.242 e. The fourth-order valence-corrected chi connectivity index (χ4v) is 4.24. The Morgan fingerprint density at radius 2 is 1.73 bits per heavy atom. The number of ether oxygens (including phenoxy) is 2. The van der Waals surface area contributed by atoms with Gasteiger partial charge >= 0.3 is 0 Å². The van der Waals surface area contributed by atoms with Gasteiger partial charge in [0.2, 0.25) is 11.8 Å². The summed E-state index contributed by atoms with van der Waals surface area (Å²) in [4.78, 5) is 31.1. The van der Waals surface area contributed by atoms with Crippen molar-refractivity contribution in [2.45, 2.75) is 53.5 Å². The lowest BCUT2D eigenvalue weighted by molar-refractivity contribution is -0.145. The predicted molar refractivity (Wildman–Crippen MR) is 134 cm³/mol. The molecule has 0 unspecified atom stereocenters. The van der Waals surface area contributed by atoms with Gasteiger partial charge in [-0.05, 0) is 42.0 Å². The van der Waals surface area contributed by atoms with Crippen LogP contribution in [0.15, 0.2) is 35.7 Å². The molecule has 1 aromatic heterocycles. The standard InChI is InChI=1S/C26H38N2O4S/c1-7-8-14-28(25(30)26(2,3)4)19-24(29)27(18-21-10-9-16-33-21)15-13-20-11-12-22(31-5)23(17-20)32-6/h9-12,16-17H,7-8,13-15,18-19H2,1-6H3. The smallest absolute Gasteiger partial charge is 0.242 e. The average Bonchev–Trinajstić information content (AvgIpc) is 3.31. The number of rotatable bonds is 12. The maximum absolute atomic E-state index is 13.4. The average molecular weight is 475 g/mol. The summed E-state index contributed by atoms with van der Waals surface area (Å²) in [5.41, 5.74) is 0.539. The second kappa shape index (κ2) is 12.6. The molecule has 7 heteroatoms. The number of methoxy groups -OCH3 is 2. The van der Waals surface area contributed by atoms with E-state index in [1.165, 1.54) is 0 Å². The zero-order valence-corrected chi connectivity index (χ0v) is 21.7. The summed E-state index contributed by atoms with van der Waals surface area (Å²) in [6.45, 7) is 9.59. The van der Waals surface area contributed by atoms with Gasteiger partial charge in [-0.1, -0.05) is 46.2 Å². The number of carbonyl (C=O) groups excluding carboxylic acids is 2. The molecule has 1 aromatic carbocycles. The molecular weight excluding hydrogens is 436 g/mol. The Kier molecular flexibility index (Phi) is 10.2. The molecule has 0 fully saturated rings. The molecule has 1 heterocycles. The fraction of sp³-hybridized carbons (Fsp3) is 0.538. The Morgan fingerprint density at radius 3 is 2.30 bits per heavy atom. The van der Waals surface area contributed by atoms with E-state index in [-0.39, 0.29) is 18.4 Å². The van der Waals surface area contributed by atoms with E-state index in [9.17, 15) is 9.59 Å². The van der Waals surface area contributed by atoms with Gasteiger partial charge < -0.3 is 19.3 Å². The van der Waals surface area contributed by atoms with Crippen molar-refractivity contribution in [2.75, 3.05) is 33.9 Å². The van der Waals surface area contributed by atoms with Crippen LogP contribution in [0.1, 0.15) is 51.0 Å². The molecule has 2 rings (SSSR count). The summed E-state index contributed by atoms with van der Waals surface area (Å²) < 4.78 is 10.7. The number of hydrogen-bond acceptors (Lipinski definition) is 5. The lowest BCUT2D eigenvalue weighted by atomic mass is 9.94. The number of nitrogens with zero attached hydrogens (tertiary/aromatic N) is 2. The van der Waals surface area contributed by atoms with Gasteiger partial charge in [0.05, 0.1) is 27.3 Å². The third kappa shape index (κ3) is 8.07. The summed E-state index contributed by atoms with van der Waals surface area (Å²) in [6, 6.07) is 9.85. The largest absolute Gasteiger partial charge is 0.493 e. The van der Waals surface area contributed by atoms with E-state index in [0.717, 1.165) is 23.3 Å². The third-order valence-corrected chi connectivity index (χ3v) is 6.30. The van der Waals surface area contributed by atoms with Crippen molar-refractivity contribution in [3.8, 4) is 11.5 Å². The summed E-state index contributed by atoms with van der Waals surface area (Å²) >= 11 is 1.63. The molecule has 0 aliphatic carbocycles. The highest BCUT2D eigenvalue weighted by Crippen LogP contribution is 2.28. The highest BCUT2D eigenvalue weighted by atomic mass is 32.1. The van der Waals surface area contributed by atoms with Crippen LogP contribution in [0.4, 0.5) is 0 Å². The first-order chi connectivity index (χ1) is 15.7. The zero-order chi connectivity index (χ0) is 24.4. The first-order valence-electron chi connectivity index (χ1n) is 11.5. The Labute approximate surface area is 202 Å². The van der Waals surface area contributed by atoms with Crippen LogP contribution < -0.4 is 9.47 Å². The highest BCUT2D eigenvalue weighted by Gasteiger charge is 2.29. The molecule has 0 spiro atoms. The number of thiophene rings is 1. The van der Waals surface area contributed by atoms with Gasteiger partial charge in [0.1, 0.15) is 0 Å². The zero-order valence-electron chi connectivity index (χ0n) is 20.8. The lowest BCUT2D eigenvalue weighted by Gasteiger charge is -2.31. The van der Waals surface area contributed by atoms with Gasteiger partial charge in [-0.15, -0.1) is 11.3 Å². The minimum Gasteiger partial charge on any atom is -0.493 e. The van der Waals surface area contributed by atoms with Crippen LogP contribution in [0, 0.1) is 5.41 Å². The summed E-state index contributed by atoms with van der Waals surface area (Å²) in [7, 11) is 3.23. The van der Waals surface area contributed by atoms with Gasteiger partial charge in [0, 0.05) is 23.4 Å². The van der Waals surface area contributed by atoms with E-state index in [1.54, 1.807) is 30.5 Å². The van der Waals surface area contributed by atoms with Gasteiger partial charge in [-0.25, -0.2) is 0 Å². The molecular formula is C26H38N2O4S. The van der Waals surface area contributed by atoms with Crippen molar-refractivity contribution < 1.29 is 19.1 Å². The number of benzene rings is 1. The summed E-state index contributed by atoms with van der Waals surface area (Å²) in [5.74, 6) is 1.34. The Balaban J connectivity index is 2.17. The number of amides is 2. The molecule has 0 bridgehead atoms. The molecule has 0 saturated heterocycles. The second-order valence-corrected chi connectivity index (χ2v) is 10.2. The molecule has 2 aromatic rings. The van der Waals surface area contributed by atoms with Crippen LogP contribution in [0.5, 0.6) is 11.5 Å². The van der Waals surface area contributed by atoms with E-state index in [4.69, 9.17) is 9.47 Å². The monoisotopic (exact) mass is 474 g/mol. The first kappa shape index (κ1) is 26.7. The third-order valence-electron chi connectivity index (χ3n) is 5.43. The molecule has 33 heavy (non-hydrogen) atoms. The maximum atomic E-state index is 13.4. The van der Waals surface area contributed by atoms with Crippen LogP contribution in [0.3, 0.4) is 0 Å². The first-order valence-corrected chi connectivity index (χ1v) is 12.4. The molecule has 0 aliphatic heterocycles. The number of hydrogen-bond donors (Lipinski definition) is 0. The SMILES string of the molecule is CCCCN(CC(=O)N(CCc1ccc(OC)c(OC)c1)Cc1cccs1)C(=O)C(C)(C)C. The summed E-state index contributed by atoms with van der Waals surface area (Å²) in [6.07, 6.45) is 2.53. The van der Waals surface area contributed by atoms with Crippen LogP contribution in [0.25, 0.3) is 0 Å². The molecule has 182 valence electrons. The van der Waals surface area contributed by atoms with Crippen LogP contribution in [0.2, 0.25) is 0 Å². The summed E-state index contributed by atoms with van der Waals surface area (Å²) in [5, 5.41) is 2.02. The molecule has 0 saturated carbocycles. The molecule has 0 aliphatic rings. The van der Waals surface area contributed by atoms with Gasteiger partial charge in [0.25, 0.3) is 0 Å². The van der Waals surface area contributed by atoms with Gasteiger partial charge in [0.15, 0.2) is 11.5 Å². The molecule has 0 N–H and O–H groups in total. The van der Waals surface area contributed by atoms with E-state index in [0.29, 0.717) is 37.6 Å². The van der Waals surface area contributed by atoms with Gasteiger partial charge in [-0.3, -0.25) is 9.59 Å². The Hall–Kier alpha value is -2.54. The van der Waals surface area contributed by atoms with Crippen molar-refractivity contribution in [1.82, 2.24) is 9.80 Å². The van der Waals surface area contributed by atoms with Crippen LogP contribution >= 0.6 is 11.3 Å². The van der Waals surface area contributed by atoms with Crippen molar-refractivity contribution in [1.29, 1.82) is 0 Å². The minimum atomic E-state index is -0.522. The van der Waals surface area contributed by atoms with Crippen LogP contribution in [-0.4, -0.2) is 55.5 Å². The van der Waals surface area contributed by atoms with E-state index < -0.39 is 5.41 Å². The number of carbonyl (C=O) groups is 2. The quantitative estimate of drug-likeness (QED) is 0.434. The van der Waals surface area contributed by atoms with E-state index >= 15 is 0 Å². The minimum absolute atomic E-state index is 0.0141. The molecule has 0 radical (unpaired) electrons. The van der Waals surface area contributed by atoms with Crippen molar-refractivity contribution in [3.63, 3.8) is 0 Å². The molecule has 6 nitrogen and oxygen atoms in total. The Bertz CT molecular complexity index is 890. The number of unbranched alkanes of at least 4 members (excludes halogenated alkanes) is 1. The van der Waals surface area contributed by atoms with E-state index in [1.807, 2.05) is 61.4 Å². The molecule has 0 atom stereocenters. The fourth-order valence-electron chi connectivity index (χ4n) is 3.52. The van der Waals surface area contributed by atoms with Crippen molar-refractivity contribution in [2.24, 2.45) is 5.41 Å². The lowest BCUT2D eigenvalue weighted by Crippen LogP contribution is -2.47. The van der Waals surface area contributed by atoms with E-state index in [2.05, 4.69) is 6.92 Å². The van der Waals surface area contributed by atoms with Gasteiger partial charge in [-0.2, -0.15) is 0 Å². The van der Waals surface area contributed by atoms with Crippen LogP contribution in [-0.2, 0) is 22.6 Å². The molecule has 2 amide bonds. The predicted octanol–water partition coefficient (Wildman–Crippen LogP) is 5.01. The van der Waals surface area contributed by atoms with Crippen molar-refractivity contribution >= 4 is 23.2 Å². The second-order valence-electron chi connectivity index (χ2n) is 9.16. The Morgan fingerprint density at radius 1 is 1.00 bits per heavy atom.